The lowest BCUT2D eigenvalue weighted by Crippen LogP contribution is -2.32. The molecule has 0 saturated carbocycles. The van der Waals surface area contributed by atoms with E-state index in [1.54, 1.807) is 0 Å². The molecule has 12 heavy (non-hydrogen) atoms. The topological polar surface area (TPSA) is 29.5 Å². The number of hydrogen-bond acceptors (Lipinski definition) is 3. The molecule has 0 rings (SSSR count). The third-order valence-electron chi connectivity index (χ3n) is 1.49. The summed E-state index contributed by atoms with van der Waals surface area (Å²) >= 11 is 4.24. The summed E-state index contributed by atoms with van der Waals surface area (Å²) < 4.78 is 4.49. The first kappa shape index (κ1) is 15.4. The Morgan fingerprint density at radius 3 is 2.17 bits per heavy atom. The Morgan fingerprint density at radius 1 is 1.50 bits per heavy atom. The number of methoxy groups -OCH3 is 1. The molecular weight excluding hydrogens is 384 g/mol. The fourth-order valence-corrected chi connectivity index (χ4v) is 0.451. The maximum Gasteiger partial charge on any atom is 0.319 e. The zero-order valence-electron chi connectivity index (χ0n) is 7.80. The van der Waals surface area contributed by atoms with E-state index in [0.717, 1.165) is 0 Å². The summed E-state index contributed by atoms with van der Waals surface area (Å²) in [4.78, 5) is 12.6. The number of nitrogens with zero attached hydrogens (tertiary/aromatic N) is 1. The Hall–Kier alpha value is 0.890. The number of rotatable bonds is 3. The van der Waals surface area contributed by atoms with Gasteiger partial charge in [0.05, 0.1) is 13.7 Å². The van der Waals surface area contributed by atoms with Gasteiger partial charge in [0.25, 0.3) is 0 Å². The summed E-state index contributed by atoms with van der Waals surface area (Å²) in [6, 6.07) is 0.388. The van der Waals surface area contributed by atoms with Gasteiger partial charge in [-0.25, -0.2) is 0 Å². The van der Waals surface area contributed by atoms with Gasteiger partial charge in [-0.15, -0.1) is 0 Å². The molecule has 74 valence electrons. The van der Waals surface area contributed by atoms with Crippen LogP contribution in [-0.4, -0.2) is 37.6 Å². The van der Waals surface area contributed by atoms with Crippen LogP contribution in [0.3, 0.4) is 0 Å². The summed E-state index contributed by atoms with van der Waals surface area (Å²) in [5.41, 5.74) is 0. The number of halogens is 2. The molecule has 0 unspecified atom stereocenters. The van der Waals surface area contributed by atoms with Gasteiger partial charge in [0.15, 0.2) is 0 Å². The maximum absolute atomic E-state index is 10.7. The fraction of sp³-hybridized carbons (Fsp3) is 0.857. The van der Waals surface area contributed by atoms with Crippen LogP contribution >= 0.6 is 37.2 Å². The molecule has 3 nitrogen and oxygen atoms in total. The minimum atomic E-state index is -0.184. The van der Waals surface area contributed by atoms with Gasteiger partial charge in [-0.2, -0.15) is 0 Å². The van der Waals surface area contributed by atoms with Crippen LogP contribution in [-0.2, 0) is 9.53 Å². The van der Waals surface area contributed by atoms with Crippen LogP contribution in [0.5, 0.6) is 0 Å². The number of esters is 1. The van der Waals surface area contributed by atoms with Gasteiger partial charge >= 0.3 is 5.97 Å². The molecule has 0 N–H and O–H groups in total. The highest BCUT2D eigenvalue weighted by molar-refractivity contribution is 15.0. The van der Waals surface area contributed by atoms with Gasteiger partial charge in [-0.3, -0.25) is 9.69 Å². The summed E-state index contributed by atoms with van der Waals surface area (Å²) in [6.45, 7) is 4.43. The van der Waals surface area contributed by atoms with Crippen LogP contribution < -0.4 is 0 Å². The number of carbonyl (C=O) groups is 1. The van der Waals surface area contributed by atoms with E-state index in [1.165, 1.54) is 7.11 Å². The normalized spacial score (nSPS) is 9.33. The summed E-state index contributed by atoms with van der Waals surface area (Å²) in [5.74, 6) is -0.184. The van der Waals surface area contributed by atoms with Crippen LogP contribution in [0.4, 0.5) is 0 Å². The van der Waals surface area contributed by atoms with Crippen molar-refractivity contribution in [3.8, 4) is 0 Å². The Labute approximate surface area is 97.5 Å². The highest BCUT2D eigenvalue weighted by atomic mass is 128. The average Bonchev–Trinajstić information content (AvgIpc) is 2.07. The highest BCUT2D eigenvalue weighted by Crippen LogP contribution is 1.92. The molecule has 0 spiro atoms. The van der Waals surface area contributed by atoms with Gasteiger partial charge in [0.2, 0.25) is 0 Å². The summed E-state index contributed by atoms with van der Waals surface area (Å²) in [7, 11) is 3.29. The smallest absolute Gasteiger partial charge is 0.319 e. The van der Waals surface area contributed by atoms with Crippen LogP contribution in [0.2, 0.25) is 0 Å². The molecule has 0 saturated heterocycles. The van der Waals surface area contributed by atoms with Crippen LogP contribution in [0, 0.1) is 0 Å². The molecule has 0 fully saturated rings. The summed E-state index contributed by atoms with van der Waals surface area (Å²) in [5, 5.41) is 0. The molecule has 0 aromatic heterocycles. The second-order valence-electron chi connectivity index (χ2n) is 2.58. The van der Waals surface area contributed by atoms with Gasteiger partial charge in [0, 0.05) is 43.3 Å². The van der Waals surface area contributed by atoms with E-state index >= 15 is 0 Å². The second-order valence-corrected chi connectivity index (χ2v) is 2.58. The zero-order chi connectivity index (χ0) is 10.1. The Bertz CT molecular complexity index is 120. The quantitative estimate of drug-likeness (QED) is 0.539. The van der Waals surface area contributed by atoms with E-state index in [2.05, 4.69) is 42.0 Å². The van der Waals surface area contributed by atoms with E-state index < -0.39 is 0 Å². The lowest BCUT2D eigenvalue weighted by molar-refractivity contribution is -0.141. The van der Waals surface area contributed by atoms with Gasteiger partial charge < -0.3 is 4.74 Å². The lowest BCUT2D eigenvalue weighted by Gasteiger charge is -2.18. The van der Waals surface area contributed by atoms with E-state index in [1.807, 2.05) is 25.8 Å². The molecule has 0 amide bonds. The van der Waals surface area contributed by atoms with Crippen LogP contribution in [0.1, 0.15) is 13.8 Å². The molecule has 5 heteroatoms. The number of carbonyl (C=O) groups excluding carboxylic acids is 1. The first-order valence-corrected chi connectivity index (χ1v) is 9.77. The molecule has 0 aromatic rings. The van der Waals surface area contributed by atoms with Crippen molar-refractivity contribution in [3.63, 3.8) is 0 Å². The molecular formula is C7H15I2NO2. The minimum absolute atomic E-state index is 0.184. The molecule has 0 atom stereocenters. The van der Waals surface area contributed by atoms with E-state index in [0.29, 0.717) is 12.6 Å². The predicted molar refractivity (Wildman–Crippen MR) is 67.8 cm³/mol. The zero-order valence-corrected chi connectivity index (χ0v) is 12.1. The third-order valence-corrected chi connectivity index (χ3v) is 1.49. The lowest BCUT2D eigenvalue weighted by atomic mass is 10.3. The second kappa shape index (κ2) is 9.97. The largest absolute Gasteiger partial charge is 0.468 e. The molecule has 0 bridgehead atoms. The molecule has 0 aliphatic heterocycles. The van der Waals surface area contributed by atoms with Gasteiger partial charge in [-0.05, 0) is 20.9 Å². The van der Waals surface area contributed by atoms with E-state index in [-0.39, 0.29) is 5.97 Å². The van der Waals surface area contributed by atoms with E-state index in [4.69, 9.17) is 0 Å². The number of likely N-dealkylation sites (N-methyl/N-ethyl adjacent to an activating group) is 1. The molecule has 0 heterocycles. The first-order chi connectivity index (χ1) is 5.57. The average molecular weight is 399 g/mol. The predicted octanol–water partition coefficient (Wildman–Crippen LogP) is 2.27. The van der Waals surface area contributed by atoms with Crippen molar-refractivity contribution in [3.05, 3.63) is 0 Å². The van der Waals surface area contributed by atoms with Crippen LogP contribution in [0.25, 0.3) is 0 Å². The van der Waals surface area contributed by atoms with Crippen LogP contribution in [0.15, 0.2) is 0 Å². The van der Waals surface area contributed by atoms with Gasteiger partial charge in [0.1, 0.15) is 0 Å². The Morgan fingerprint density at radius 2 is 1.92 bits per heavy atom. The van der Waals surface area contributed by atoms with Gasteiger partial charge in [-0.1, -0.05) is 0 Å². The van der Waals surface area contributed by atoms with Crippen molar-refractivity contribution >= 4 is 43.2 Å². The molecule has 0 aliphatic rings. The highest BCUT2D eigenvalue weighted by Gasteiger charge is 2.07. The number of ether oxygens (including phenoxy) is 1. The Kier molecular flexibility index (Phi) is 12.8. The van der Waals surface area contributed by atoms with Crippen molar-refractivity contribution in [2.75, 3.05) is 20.7 Å². The standard InChI is InChI=1S/C7H15NO2.I2/c1-6(2)8(3)5-7(9)10-4;1-2/h6H,5H2,1-4H3;. The first-order valence-electron chi connectivity index (χ1n) is 3.49. The monoisotopic (exact) mass is 399 g/mol. The molecule has 0 radical (unpaired) electrons. The van der Waals surface area contributed by atoms with E-state index in [9.17, 15) is 4.79 Å². The molecule has 0 aliphatic carbocycles. The maximum atomic E-state index is 10.7. The SMILES string of the molecule is COC(=O)CN(C)C(C)C.II. The van der Waals surface area contributed by atoms with Crippen molar-refractivity contribution in [2.24, 2.45) is 0 Å². The Balaban J connectivity index is 0. The van der Waals surface area contributed by atoms with Crippen molar-refractivity contribution < 1.29 is 9.53 Å². The minimum Gasteiger partial charge on any atom is -0.468 e. The van der Waals surface area contributed by atoms with Crippen molar-refractivity contribution in [2.45, 2.75) is 19.9 Å². The van der Waals surface area contributed by atoms with Crippen molar-refractivity contribution in [1.82, 2.24) is 4.90 Å². The van der Waals surface area contributed by atoms with Crippen molar-refractivity contribution in [1.29, 1.82) is 0 Å². The number of hydrogen-bond donors (Lipinski definition) is 0. The fourth-order valence-electron chi connectivity index (χ4n) is 0.451. The molecule has 0 aromatic carbocycles. The summed E-state index contributed by atoms with van der Waals surface area (Å²) in [6.07, 6.45) is 0. The third kappa shape index (κ3) is 8.98.